The third kappa shape index (κ3) is 3.57. The summed E-state index contributed by atoms with van der Waals surface area (Å²) in [5.41, 5.74) is 0.834. The fourth-order valence-corrected chi connectivity index (χ4v) is 2.13. The van der Waals surface area contributed by atoms with Gasteiger partial charge >= 0.3 is 5.97 Å². The van der Waals surface area contributed by atoms with Gasteiger partial charge in [0.1, 0.15) is 6.04 Å². The standard InChI is InChI=1S/C14H16N2O4/c17-12-7-10(8-15-12)13(18)16-11(14(19)20)6-9-4-2-1-3-5-9/h1-5,10-11H,6-8H2,(H,15,17)(H,16,18)(H,19,20)/t10-,11-/m0/s1. The Morgan fingerprint density at radius 3 is 2.60 bits per heavy atom. The van der Waals surface area contributed by atoms with Crippen molar-refractivity contribution in [2.45, 2.75) is 18.9 Å². The molecule has 0 spiro atoms. The number of carbonyl (C=O) groups excluding carboxylic acids is 2. The number of carboxylic acid groups (broad SMARTS) is 1. The number of benzene rings is 1. The normalized spacial score (nSPS) is 19.2. The summed E-state index contributed by atoms with van der Waals surface area (Å²) < 4.78 is 0. The largest absolute Gasteiger partial charge is 0.480 e. The van der Waals surface area contributed by atoms with E-state index in [2.05, 4.69) is 10.6 Å². The van der Waals surface area contributed by atoms with E-state index in [0.29, 0.717) is 0 Å². The molecule has 2 atom stereocenters. The molecule has 1 aliphatic heterocycles. The Morgan fingerprint density at radius 2 is 2.05 bits per heavy atom. The van der Waals surface area contributed by atoms with Crippen LogP contribution in [0.3, 0.4) is 0 Å². The van der Waals surface area contributed by atoms with Crippen molar-refractivity contribution in [1.82, 2.24) is 10.6 Å². The van der Waals surface area contributed by atoms with E-state index in [1.54, 1.807) is 0 Å². The lowest BCUT2D eigenvalue weighted by Crippen LogP contribution is -2.45. The Hall–Kier alpha value is -2.37. The molecule has 1 heterocycles. The summed E-state index contributed by atoms with van der Waals surface area (Å²) in [7, 11) is 0. The van der Waals surface area contributed by atoms with Crippen LogP contribution >= 0.6 is 0 Å². The number of aliphatic carboxylic acids is 1. The summed E-state index contributed by atoms with van der Waals surface area (Å²) in [5.74, 6) is -2.15. The lowest BCUT2D eigenvalue weighted by atomic mass is 10.0. The van der Waals surface area contributed by atoms with Gasteiger partial charge in [0.2, 0.25) is 11.8 Å². The molecular formula is C14H16N2O4. The van der Waals surface area contributed by atoms with Gasteiger partial charge in [0.15, 0.2) is 0 Å². The molecule has 0 bridgehead atoms. The highest BCUT2D eigenvalue weighted by atomic mass is 16.4. The van der Waals surface area contributed by atoms with Crippen LogP contribution in [0.25, 0.3) is 0 Å². The molecule has 6 nitrogen and oxygen atoms in total. The predicted molar refractivity (Wildman–Crippen MR) is 70.8 cm³/mol. The molecule has 2 rings (SSSR count). The fraction of sp³-hybridized carbons (Fsp3) is 0.357. The van der Waals surface area contributed by atoms with Crippen LogP contribution in [0, 0.1) is 5.92 Å². The van der Waals surface area contributed by atoms with Crippen LogP contribution in [-0.4, -0.2) is 35.5 Å². The Morgan fingerprint density at radius 1 is 1.35 bits per heavy atom. The molecule has 20 heavy (non-hydrogen) atoms. The molecule has 1 fully saturated rings. The molecule has 1 aromatic carbocycles. The summed E-state index contributed by atoms with van der Waals surface area (Å²) in [6, 6.07) is 8.10. The van der Waals surface area contributed by atoms with Gasteiger partial charge in [-0.3, -0.25) is 9.59 Å². The third-order valence-electron chi connectivity index (χ3n) is 3.25. The topological polar surface area (TPSA) is 95.5 Å². The van der Waals surface area contributed by atoms with Crippen LogP contribution in [-0.2, 0) is 20.8 Å². The van der Waals surface area contributed by atoms with E-state index in [1.807, 2.05) is 30.3 Å². The van der Waals surface area contributed by atoms with Crippen LogP contribution < -0.4 is 10.6 Å². The number of hydrogen-bond donors (Lipinski definition) is 3. The van der Waals surface area contributed by atoms with Crippen molar-refractivity contribution in [3.63, 3.8) is 0 Å². The van der Waals surface area contributed by atoms with Gasteiger partial charge in [-0.05, 0) is 5.56 Å². The SMILES string of the molecule is O=C1C[C@H](C(=O)N[C@@H](Cc2ccccc2)C(=O)O)CN1. The quantitative estimate of drug-likeness (QED) is 0.701. The zero-order chi connectivity index (χ0) is 14.5. The van der Waals surface area contributed by atoms with Crippen molar-refractivity contribution >= 4 is 17.8 Å². The lowest BCUT2D eigenvalue weighted by molar-refractivity contribution is -0.142. The Bertz CT molecular complexity index is 515. The fourth-order valence-electron chi connectivity index (χ4n) is 2.13. The molecule has 0 unspecified atom stereocenters. The lowest BCUT2D eigenvalue weighted by Gasteiger charge is -2.16. The number of hydrogen-bond acceptors (Lipinski definition) is 3. The first-order chi connectivity index (χ1) is 9.56. The summed E-state index contributed by atoms with van der Waals surface area (Å²) in [6.07, 6.45) is 0.333. The van der Waals surface area contributed by atoms with Crippen LogP contribution in [0.4, 0.5) is 0 Å². The second-order valence-corrected chi connectivity index (χ2v) is 4.79. The monoisotopic (exact) mass is 276 g/mol. The summed E-state index contributed by atoms with van der Waals surface area (Å²) >= 11 is 0. The van der Waals surface area contributed by atoms with E-state index in [4.69, 9.17) is 0 Å². The maximum absolute atomic E-state index is 11.9. The molecule has 1 aliphatic rings. The first kappa shape index (κ1) is 14.0. The maximum atomic E-state index is 11.9. The maximum Gasteiger partial charge on any atom is 0.326 e. The molecule has 3 N–H and O–H groups in total. The molecule has 0 aromatic heterocycles. The molecular weight excluding hydrogens is 260 g/mol. The Balaban J connectivity index is 1.97. The van der Waals surface area contributed by atoms with Gasteiger partial charge < -0.3 is 15.7 Å². The van der Waals surface area contributed by atoms with E-state index < -0.39 is 23.8 Å². The van der Waals surface area contributed by atoms with Gasteiger partial charge in [0, 0.05) is 19.4 Å². The van der Waals surface area contributed by atoms with E-state index in [0.717, 1.165) is 5.56 Å². The highest BCUT2D eigenvalue weighted by Gasteiger charge is 2.30. The third-order valence-corrected chi connectivity index (χ3v) is 3.25. The number of carboxylic acids is 1. The van der Waals surface area contributed by atoms with Gasteiger partial charge in [0.25, 0.3) is 0 Å². The number of amides is 2. The second kappa shape index (κ2) is 6.18. The van der Waals surface area contributed by atoms with Crippen molar-refractivity contribution in [3.05, 3.63) is 35.9 Å². The van der Waals surface area contributed by atoms with Gasteiger partial charge in [-0.1, -0.05) is 30.3 Å². The van der Waals surface area contributed by atoms with Crippen molar-refractivity contribution < 1.29 is 19.5 Å². The van der Waals surface area contributed by atoms with Crippen LogP contribution in [0.2, 0.25) is 0 Å². The Labute approximate surface area is 116 Å². The minimum absolute atomic E-state index is 0.115. The van der Waals surface area contributed by atoms with Gasteiger partial charge in [-0.2, -0.15) is 0 Å². The molecule has 0 aliphatic carbocycles. The minimum atomic E-state index is -1.08. The average Bonchev–Trinajstić information content (AvgIpc) is 2.86. The van der Waals surface area contributed by atoms with E-state index in [9.17, 15) is 19.5 Å². The molecule has 0 saturated carbocycles. The molecule has 2 amide bonds. The molecule has 6 heteroatoms. The Kier molecular flexibility index (Phi) is 4.34. The van der Waals surface area contributed by atoms with E-state index in [-0.39, 0.29) is 25.3 Å². The van der Waals surface area contributed by atoms with E-state index >= 15 is 0 Å². The smallest absolute Gasteiger partial charge is 0.326 e. The molecule has 0 radical (unpaired) electrons. The van der Waals surface area contributed by atoms with Crippen molar-refractivity contribution in [3.8, 4) is 0 Å². The first-order valence-corrected chi connectivity index (χ1v) is 6.40. The van der Waals surface area contributed by atoms with Crippen LogP contribution in [0.1, 0.15) is 12.0 Å². The molecule has 1 aromatic rings. The van der Waals surface area contributed by atoms with Crippen molar-refractivity contribution in [1.29, 1.82) is 0 Å². The zero-order valence-electron chi connectivity index (χ0n) is 10.8. The predicted octanol–water partition coefficient (Wildman–Crippen LogP) is -0.0654. The summed E-state index contributed by atoms with van der Waals surface area (Å²) in [4.78, 5) is 34.2. The minimum Gasteiger partial charge on any atom is -0.480 e. The second-order valence-electron chi connectivity index (χ2n) is 4.79. The van der Waals surface area contributed by atoms with Gasteiger partial charge in [-0.15, -0.1) is 0 Å². The van der Waals surface area contributed by atoms with Gasteiger partial charge in [0.05, 0.1) is 5.92 Å². The van der Waals surface area contributed by atoms with Crippen LogP contribution in [0.15, 0.2) is 30.3 Å². The number of rotatable bonds is 5. The van der Waals surface area contributed by atoms with Crippen LogP contribution in [0.5, 0.6) is 0 Å². The summed E-state index contributed by atoms with van der Waals surface area (Å²) in [6.45, 7) is 0.266. The highest BCUT2D eigenvalue weighted by molar-refractivity contribution is 5.91. The number of carbonyl (C=O) groups is 3. The molecule has 1 saturated heterocycles. The van der Waals surface area contributed by atoms with E-state index in [1.165, 1.54) is 0 Å². The number of nitrogens with one attached hydrogen (secondary N) is 2. The zero-order valence-corrected chi connectivity index (χ0v) is 10.8. The molecule has 106 valence electrons. The summed E-state index contributed by atoms with van der Waals surface area (Å²) in [5, 5.41) is 14.2. The van der Waals surface area contributed by atoms with Crippen molar-refractivity contribution in [2.24, 2.45) is 5.92 Å². The average molecular weight is 276 g/mol. The van der Waals surface area contributed by atoms with Crippen molar-refractivity contribution in [2.75, 3.05) is 6.54 Å². The highest BCUT2D eigenvalue weighted by Crippen LogP contribution is 2.10. The van der Waals surface area contributed by atoms with Gasteiger partial charge in [-0.25, -0.2) is 4.79 Å². The first-order valence-electron chi connectivity index (χ1n) is 6.40.